The SMILES string of the molecule is COc1ccc(-c2noc(-c3cccc(NC(=O)c4cccc(OC)c4)c3)n2)cc1. The molecule has 0 aliphatic heterocycles. The molecule has 7 heteroatoms. The summed E-state index contributed by atoms with van der Waals surface area (Å²) in [6.07, 6.45) is 0. The lowest BCUT2D eigenvalue weighted by atomic mass is 10.1. The molecule has 0 radical (unpaired) electrons. The van der Waals surface area contributed by atoms with Crippen LogP contribution in [0.25, 0.3) is 22.8 Å². The molecule has 0 atom stereocenters. The van der Waals surface area contributed by atoms with Crippen LogP contribution in [0.15, 0.2) is 77.3 Å². The van der Waals surface area contributed by atoms with Crippen LogP contribution in [-0.2, 0) is 0 Å². The molecular weight excluding hydrogens is 382 g/mol. The van der Waals surface area contributed by atoms with E-state index in [2.05, 4.69) is 15.5 Å². The standard InChI is InChI=1S/C23H19N3O4/c1-28-19-11-9-15(10-12-19)21-25-23(30-26-21)17-6-3-7-18(13-17)24-22(27)16-5-4-8-20(14-16)29-2/h3-14H,1-2H3,(H,24,27). The van der Waals surface area contributed by atoms with Crippen molar-refractivity contribution in [2.75, 3.05) is 19.5 Å². The highest BCUT2D eigenvalue weighted by Crippen LogP contribution is 2.26. The third-order valence-corrected chi connectivity index (χ3v) is 4.47. The average Bonchev–Trinajstić information content (AvgIpc) is 3.30. The zero-order chi connectivity index (χ0) is 20.9. The van der Waals surface area contributed by atoms with Crippen LogP contribution < -0.4 is 14.8 Å². The number of nitrogens with one attached hydrogen (secondary N) is 1. The Morgan fingerprint density at radius 1 is 0.867 bits per heavy atom. The molecule has 7 nitrogen and oxygen atoms in total. The first-order valence-electron chi connectivity index (χ1n) is 9.20. The number of carbonyl (C=O) groups excluding carboxylic acids is 1. The number of hydrogen-bond acceptors (Lipinski definition) is 6. The minimum absolute atomic E-state index is 0.240. The van der Waals surface area contributed by atoms with Crippen molar-refractivity contribution in [1.82, 2.24) is 10.1 Å². The van der Waals surface area contributed by atoms with Gasteiger partial charge in [-0.1, -0.05) is 17.3 Å². The Bertz CT molecular complexity index is 1170. The van der Waals surface area contributed by atoms with Gasteiger partial charge in [0, 0.05) is 22.4 Å². The molecule has 1 aromatic heterocycles. The number of anilines is 1. The molecule has 4 aromatic rings. The number of ether oxygens (including phenoxy) is 2. The van der Waals surface area contributed by atoms with Crippen molar-refractivity contribution >= 4 is 11.6 Å². The van der Waals surface area contributed by atoms with Crippen LogP contribution in [0.4, 0.5) is 5.69 Å². The number of aromatic nitrogens is 2. The van der Waals surface area contributed by atoms with Crippen molar-refractivity contribution in [1.29, 1.82) is 0 Å². The average molecular weight is 401 g/mol. The van der Waals surface area contributed by atoms with E-state index in [1.807, 2.05) is 36.4 Å². The fourth-order valence-electron chi connectivity index (χ4n) is 2.90. The Hall–Kier alpha value is -4.13. The smallest absolute Gasteiger partial charge is 0.258 e. The molecule has 0 bridgehead atoms. The summed E-state index contributed by atoms with van der Waals surface area (Å²) in [5, 5.41) is 6.92. The fraction of sp³-hybridized carbons (Fsp3) is 0.0870. The third kappa shape index (κ3) is 4.15. The quantitative estimate of drug-likeness (QED) is 0.505. The van der Waals surface area contributed by atoms with E-state index in [-0.39, 0.29) is 5.91 Å². The first kappa shape index (κ1) is 19.2. The van der Waals surface area contributed by atoms with Crippen LogP contribution in [0.1, 0.15) is 10.4 Å². The van der Waals surface area contributed by atoms with Crippen LogP contribution >= 0.6 is 0 Å². The monoisotopic (exact) mass is 401 g/mol. The Balaban J connectivity index is 1.53. The first-order chi connectivity index (χ1) is 14.7. The van der Waals surface area contributed by atoms with Crippen molar-refractivity contribution < 1.29 is 18.8 Å². The molecule has 0 aliphatic rings. The number of amides is 1. The summed E-state index contributed by atoms with van der Waals surface area (Å²) >= 11 is 0. The van der Waals surface area contributed by atoms with Gasteiger partial charge in [-0.05, 0) is 60.7 Å². The summed E-state index contributed by atoms with van der Waals surface area (Å²) in [7, 11) is 3.17. The highest BCUT2D eigenvalue weighted by atomic mass is 16.5. The maximum Gasteiger partial charge on any atom is 0.258 e. The maximum absolute atomic E-state index is 12.5. The van der Waals surface area contributed by atoms with Crippen LogP contribution in [0.2, 0.25) is 0 Å². The zero-order valence-corrected chi connectivity index (χ0v) is 16.5. The number of methoxy groups -OCH3 is 2. The second-order valence-electron chi connectivity index (χ2n) is 6.42. The van der Waals surface area contributed by atoms with E-state index in [1.54, 1.807) is 50.6 Å². The number of nitrogens with zero attached hydrogens (tertiary/aromatic N) is 2. The third-order valence-electron chi connectivity index (χ3n) is 4.47. The van der Waals surface area contributed by atoms with E-state index in [4.69, 9.17) is 14.0 Å². The van der Waals surface area contributed by atoms with Gasteiger partial charge in [-0.2, -0.15) is 4.98 Å². The number of hydrogen-bond donors (Lipinski definition) is 1. The highest BCUT2D eigenvalue weighted by molar-refractivity contribution is 6.04. The number of carbonyl (C=O) groups is 1. The van der Waals surface area contributed by atoms with E-state index in [1.165, 1.54) is 0 Å². The fourth-order valence-corrected chi connectivity index (χ4v) is 2.90. The van der Waals surface area contributed by atoms with Gasteiger partial charge in [0.05, 0.1) is 14.2 Å². The van der Waals surface area contributed by atoms with E-state index in [9.17, 15) is 4.79 Å². The molecule has 1 N–H and O–H groups in total. The number of benzene rings is 3. The van der Waals surface area contributed by atoms with Gasteiger partial charge in [-0.3, -0.25) is 4.79 Å². The van der Waals surface area contributed by atoms with E-state index in [0.717, 1.165) is 11.3 Å². The van der Waals surface area contributed by atoms with E-state index < -0.39 is 0 Å². The molecule has 0 saturated carbocycles. The lowest BCUT2D eigenvalue weighted by molar-refractivity contribution is 0.102. The Morgan fingerprint density at radius 3 is 2.40 bits per heavy atom. The normalized spacial score (nSPS) is 10.5. The second kappa shape index (κ2) is 8.48. The van der Waals surface area contributed by atoms with Crippen molar-refractivity contribution in [3.63, 3.8) is 0 Å². The number of rotatable bonds is 6. The van der Waals surface area contributed by atoms with Gasteiger partial charge in [0.25, 0.3) is 11.8 Å². The van der Waals surface area contributed by atoms with Crippen molar-refractivity contribution in [3.05, 3.63) is 78.4 Å². The molecule has 0 fully saturated rings. The van der Waals surface area contributed by atoms with E-state index >= 15 is 0 Å². The summed E-state index contributed by atoms with van der Waals surface area (Å²) in [6, 6.07) is 21.6. The summed E-state index contributed by atoms with van der Waals surface area (Å²) in [4.78, 5) is 17.0. The Morgan fingerprint density at radius 2 is 1.63 bits per heavy atom. The van der Waals surface area contributed by atoms with Gasteiger partial charge in [0.1, 0.15) is 11.5 Å². The molecule has 0 aliphatic carbocycles. The summed E-state index contributed by atoms with van der Waals surface area (Å²) in [5.74, 6) is 1.96. The molecule has 4 rings (SSSR count). The molecule has 0 saturated heterocycles. The van der Waals surface area contributed by atoms with Crippen LogP contribution in [0.5, 0.6) is 11.5 Å². The largest absolute Gasteiger partial charge is 0.497 e. The van der Waals surface area contributed by atoms with Gasteiger partial charge < -0.3 is 19.3 Å². The van der Waals surface area contributed by atoms with Gasteiger partial charge in [0.15, 0.2) is 0 Å². The molecule has 0 unspecified atom stereocenters. The lowest BCUT2D eigenvalue weighted by Crippen LogP contribution is -2.11. The zero-order valence-electron chi connectivity index (χ0n) is 16.5. The Labute approximate surface area is 173 Å². The van der Waals surface area contributed by atoms with Crippen LogP contribution in [0.3, 0.4) is 0 Å². The molecule has 150 valence electrons. The second-order valence-corrected chi connectivity index (χ2v) is 6.42. The molecule has 30 heavy (non-hydrogen) atoms. The van der Waals surface area contributed by atoms with Gasteiger partial charge in [-0.15, -0.1) is 0 Å². The van der Waals surface area contributed by atoms with Gasteiger partial charge in [-0.25, -0.2) is 0 Å². The Kier molecular flexibility index (Phi) is 5.43. The first-order valence-corrected chi connectivity index (χ1v) is 9.20. The maximum atomic E-state index is 12.5. The van der Waals surface area contributed by atoms with Crippen molar-refractivity contribution in [2.45, 2.75) is 0 Å². The van der Waals surface area contributed by atoms with Crippen LogP contribution in [0, 0.1) is 0 Å². The van der Waals surface area contributed by atoms with Gasteiger partial charge in [0.2, 0.25) is 5.82 Å². The lowest BCUT2D eigenvalue weighted by Gasteiger charge is -2.07. The van der Waals surface area contributed by atoms with Crippen molar-refractivity contribution in [2.24, 2.45) is 0 Å². The molecule has 1 amide bonds. The summed E-state index contributed by atoms with van der Waals surface area (Å²) < 4.78 is 15.7. The predicted molar refractivity (Wildman–Crippen MR) is 113 cm³/mol. The molecule has 3 aromatic carbocycles. The van der Waals surface area contributed by atoms with Crippen LogP contribution in [-0.4, -0.2) is 30.3 Å². The molecule has 0 spiro atoms. The topological polar surface area (TPSA) is 86.5 Å². The molecular formula is C23H19N3O4. The predicted octanol–water partition coefficient (Wildman–Crippen LogP) is 4.67. The summed E-state index contributed by atoms with van der Waals surface area (Å²) in [5.41, 5.74) is 2.63. The highest BCUT2D eigenvalue weighted by Gasteiger charge is 2.13. The summed E-state index contributed by atoms with van der Waals surface area (Å²) in [6.45, 7) is 0. The van der Waals surface area contributed by atoms with Gasteiger partial charge >= 0.3 is 0 Å². The van der Waals surface area contributed by atoms with E-state index in [0.29, 0.717) is 34.3 Å². The minimum Gasteiger partial charge on any atom is -0.497 e. The molecule has 1 heterocycles. The van der Waals surface area contributed by atoms with Crippen molar-refractivity contribution in [3.8, 4) is 34.3 Å². The minimum atomic E-state index is -0.240.